The molecule has 0 spiro atoms. The monoisotopic (exact) mass is 285 g/mol. The largest absolute Gasteiger partial charge is 0.301 e. The predicted octanol–water partition coefficient (Wildman–Crippen LogP) is 2.68. The number of aliphatic imine (C=N–C) groups is 1. The Bertz CT molecular complexity index is 724. The van der Waals surface area contributed by atoms with Crippen LogP contribution in [-0.4, -0.2) is 28.4 Å². The fourth-order valence-corrected chi connectivity index (χ4v) is 2.92. The Kier molecular flexibility index (Phi) is 3.44. The zero-order valence-corrected chi connectivity index (χ0v) is 12.3. The van der Waals surface area contributed by atoms with Crippen molar-refractivity contribution in [2.24, 2.45) is 4.99 Å². The first-order valence-corrected chi connectivity index (χ1v) is 7.48. The molecule has 4 nitrogen and oxygen atoms in total. The molecule has 0 saturated carbocycles. The van der Waals surface area contributed by atoms with E-state index in [2.05, 4.69) is 15.3 Å². The minimum Gasteiger partial charge on any atom is -0.301 e. The van der Waals surface area contributed by atoms with Gasteiger partial charge in [-0.2, -0.15) is 0 Å². The number of amidine groups is 1. The number of carbonyl (C=O) groups excluding carboxylic acids is 1. The molecule has 0 bridgehead atoms. The van der Waals surface area contributed by atoms with Gasteiger partial charge in [-0.1, -0.05) is 23.4 Å². The van der Waals surface area contributed by atoms with Crippen LogP contribution in [0.25, 0.3) is 10.9 Å². The molecule has 1 N–H and O–H groups in total. The Morgan fingerprint density at radius 2 is 2.15 bits per heavy atom. The molecule has 102 valence electrons. The molecule has 0 unspecified atom stereocenters. The molecular weight excluding hydrogens is 270 g/mol. The molecule has 0 atom stereocenters. The van der Waals surface area contributed by atoms with E-state index >= 15 is 0 Å². The predicted molar refractivity (Wildman–Crippen MR) is 83.4 cm³/mol. The van der Waals surface area contributed by atoms with E-state index in [1.807, 2.05) is 38.1 Å². The molecule has 0 aliphatic carbocycles. The molecule has 1 aromatic carbocycles. The summed E-state index contributed by atoms with van der Waals surface area (Å²) in [6.07, 6.45) is 0. The van der Waals surface area contributed by atoms with Crippen molar-refractivity contribution in [2.45, 2.75) is 13.8 Å². The number of nitrogens with zero attached hydrogens (tertiary/aromatic N) is 2. The number of nitrogens with one attached hydrogen (secondary N) is 1. The summed E-state index contributed by atoms with van der Waals surface area (Å²) in [4.78, 5) is 21.0. The van der Waals surface area contributed by atoms with Gasteiger partial charge >= 0.3 is 0 Å². The topological polar surface area (TPSA) is 54.4 Å². The number of aryl methyl sites for hydroxylation is 2. The maximum absolute atomic E-state index is 12.3. The highest BCUT2D eigenvalue weighted by molar-refractivity contribution is 8.14. The van der Waals surface area contributed by atoms with E-state index in [9.17, 15) is 4.79 Å². The average molecular weight is 285 g/mol. The van der Waals surface area contributed by atoms with Crippen LogP contribution in [0.2, 0.25) is 0 Å². The smallest absolute Gasteiger partial charge is 0.259 e. The number of thioether (sulfide) groups is 1. The molecule has 1 amide bonds. The molecule has 5 heteroatoms. The summed E-state index contributed by atoms with van der Waals surface area (Å²) >= 11 is 1.57. The van der Waals surface area contributed by atoms with Gasteiger partial charge in [-0.25, -0.2) is 0 Å². The van der Waals surface area contributed by atoms with Crippen molar-refractivity contribution >= 4 is 33.7 Å². The lowest BCUT2D eigenvalue weighted by Gasteiger charge is -2.08. The first-order chi connectivity index (χ1) is 9.63. The van der Waals surface area contributed by atoms with Gasteiger partial charge in [0.1, 0.15) is 0 Å². The van der Waals surface area contributed by atoms with E-state index < -0.39 is 0 Å². The Morgan fingerprint density at radius 3 is 2.90 bits per heavy atom. The lowest BCUT2D eigenvalue weighted by molar-refractivity contribution is 0.0977. The summed E-state index contributed by atoms with van der Waals surface area (Å²) in [6, 6.07) is 7.95. The second-order valence-electron chi connectivity index (χ2n) is 4.81. The number of amides is 1. The standard InChI is InChI=1S/C15H15N3OS/c1-9-3-4-13-11(7-9)8-12(10(2)17-13)14(19)18-15-16-5-6-20-15/h3-4,7-8H,5-6H2,1-2H3,(H,16,18,19). The Labute approximate surface area is 121 Å². The molecule has 2 aromatic rings. The van der Waals surface area contributed by atoms with Gasteiger partial charge in [0.2, 0.25) is 0 Å². The van der Waals surface area contributed by atoms with Crippen molar-refractivity contribution in [1.29, 1.82) is 0 Å². The van der Waals surface area contributed by atoms with Crippen LogP contribution in [-0.2, 0) is 0 Å². The Balaban J connectivity index is 1.97. The summed E-state index contributed by atoms with van der Waals surface area (Å²) in [6.45, 7) is 4.66. The molecule has 0 radical (unpaired) electrons. The van der Waals surface area contributed by atoms with Gasteiger partial charge in [-0.05, 0) is 32.0 Å². The number of hydrogen-bond acceptors (Lipinski definition) is 4. The quantitative estimate of drug-likeness (QED) is 0.876. The zero-order valence-electron chi connectivity index (χ0n) is 11.4. The van der Waals surface area contributed by atoms with Gasteiger partial charge in [-0.3, -0.25) is 14.8 Å². The molecule has 1 aromatic heterocycles. The number of fused-ring (bicyclic) bond motifs is 1. The minimum atomic E-state index is -0.133. The van der Waals surface area contributed by atoms with Gasteiger partial charge < -0.3 is 5.32 Å². The third-order valence-corrected chi connectivity index (χ3v) is 4.10. The molecule has 3 rings (SSSR count). The summed E-state index contributed by atoms with van der Waals surface area (Å²) in [5.74, 6) is 0.801. The average Bonchev–Trinajstić information content (AvgIpc) is 2.91. The number of carbonyl (C=O) groups is 1. The number of pyridine rings is 1. The molecular formula is C15H15N3OS. The van der Waals surface area contributed by atoms with Crippen LogP contribution in [0.5, 0.6) is 0 Å². The summed E-state index contributed by atoms with van der Waals surface area (Å²) in [5.41, 5.74) is 3.42. The van der Waals surface area contributed by atoms with Gasteiger partial charge in [0.05, 0.1) is 23.3 Å². The molecule has 1 aliphatic heterocycles. The highest BCUT2D eigenvalue weighted by Crippen LogP contribution is 2.18. The van der Waals surface area contributed by atoms with Crippen molar-refractivity contribution in [3.05, 3.63) is 41.1 Å². The van der Waals surface area contributed by atoms with E-state index in [0.717, 1.165) is 34.5 Å². The van der Waals surface area contributed by atoms with Crippen LogP contribution in [0.3, 0.4) is 0 Å². The van der Waals surface area contributed by atoms with Crippen LogP contribution in [0.4, 0.5) is 0 Å². The first-order valence-electron chi connectivity index (χ1n) is 6.50. The summed E-state index contributed by atoms with van der Waals surface area (Å²) in [5, 5.41) is 4.54. The Hall–Kier alpha value is -1.88. The van der Waals surface area contributed by atoms with Crippen molar-refractivity contribution in [3.63, 3.8) is 0 Å². The van der Waals surface area contributed by atoms with Crippen molar-refractivity contribution < 1.29 is 4.79 Å². The minimum absolute atomic E-state index is 0.133. The highest BCUT2D eigenvalue weighted by Gasteiger charge is 2.15. The fourth-order valence-electron chi connectivity index (χ4n) is 2.20. The summed E-state index contributed by atoms with van der Waals surface area (Å²) < 4.78 is 0. The second kappa shape index (κ2) is 5.25. The van der Waals surface area contributed by atoms with Crippen molar-refractivity contribution in [2.75, 3.05) is 12.3 Å². The van der Waals surface area contributed by atoms with Crippen LogP contribution in [0, 0.1) is 13.8 Å². The molecule has 2 heterocycles. The molecule has 0 fully saturated rings. The first kappa shape index (κ1) is 13.1. The van der Waals surface area contributed by atoms with Gasteiger partial charge in [0.25, 0.3) is 5.91 Å². The van der Waals surface area contributed by atoms with E-state index in [0.29, 0.717) is 10.7 Å². The van der Waals surface area contributed by atoms with Gasteiger partial charge in [-0.15, -0.1) is 0 Å². The van der Waals surface area contributed by atoms with Gasteiger partial charge in [0, 0.05) is 11.1 Å². The number of benzene rings is 1. The lowest BCUT2D eigenvalue weighted by atomic mass is 10.1. The van der Waals surface area contributed by atoms with Crippen LogP contribution in [0.15, 0.2) is 29.3 Å². The number of rotatable bonds is 1. The highest BCUT2D eigenvalue weighted by atomic mass is 32.2. The normalized spacial score (nSPS) is 14.4. The van der Waals surface area contributed by atoms with Gasteiger partial charge in [0.15, 0.2) is 5.17 Å². The van der Waals surface area contributed by atoms with Crippen molar-refractivity contribution in [3.8, 4) is 0 Å². The van der Waals surface area contributed by atoms with Crippen LogP contribution >= 0.6 is 11.8 Å². The maximum atomic E-state index is 12.3. The lowest BCUT2D eigenvalue weighted by Crippen LogP contribution is -2.28. The zero-order chi connectivity index (χ0) is 14.1. The maximum Gasteiger partial charge on any atom is 0.259 e. The van der Waals surface area contributed by atoms with E-state index in [4.69, 9.17) is 0 Å². The third kappa shape index (κ3) is 2.54. The van der Waals surface area contributed by atoms with Crippen LogP contribution < -0.4 is 5.32 Å². The number of hydrogen-bond donors (Lipinski definition) is 1. The molecule has 20 heavy (non-hydrogen) atoms. The van der Waals surface area contributed by atoms with E-state index in [1.54, 1.807) is 11.8 Å². The summed E-state index contributed by atoms with van der Waals surface area (Å²) in [7, 11) is 0. The molecule has 0 saturated heterocycles. The van der Waals surface area contributed by atoms with E-state index in [-0.39, 0.29) is 5.91 Å². The SMILES string of the molecule is Cc1ccc2nc(C)c(C(=O)NC3=NCCS3)cc2c1. The van der Waals surface area contributed by atoms with E-state index in [1.165, 1.54) is 0 Å². The van der Waals surface area contributed by atoms with Crippen molar-refractivity contribution in [1.82, 2.24) is 10.3 Å². The number of aromatic nitrogens is 1. The molecule has 1 aliphatic rings. The van der Waals surface area contributed by atoms with Crippen LogP contribution in [0.1, 0.15) is 21.6 Å². The third-order valence-electron chi connectivity index (χ3n) is 3.21. The Morgan fingerprint density at radius 1 is 1.30 bits per heavy atom. The fraction of sp³-hybridized carbons (Fsp3) is 0.267. The second-order valence-corrected chi connectivity index (χ2v) is 5.89.